The molecule has 0 radical (unpaired) electrons. The highest BCUT2D eigenvalue weighted by Crippen LogP contribution is 2.18. The molecule has 6 nitrogen and oxygen atoms in total. The van der Waals surface area contributed by atoms with Gasteiger partial charge in [-0.05, 0) is 36.8 Å². The second-order valence-corrected chi connectivity index (χ2v) is 6.33. The molecular formula is C20H21N5O. The topological polar surface area (TPSA) is 65.1 Å². The van der Waals surface area contributed by atoms with E-state index in [4.69, 9.17) is 0 Å². The van der Waals surface area contributed by atoms with Gasteiger partial charge in [-0.1, -0.05) is 18.2 Å². The lowest BCUT2D eigenvalue weighted by Gasteiger charge is -2.20. The van der Waals surface area contributed by atoms with Gasteiger partial charge in [0.1, 0.15) is 0 Å². The van der Waals surface area contributed by atoms with Gasteiger partial charge in [0.25, 0.3) is 0 Å². The highest BCUT2D eigenvalue weighted by Gasteiger charge is 2.19. The third-order valence-corrected chi connectivity index (χ3v) is 4.57. The van der Waals surface area contributed by atoms with Crippen LogP contribution in [0.3, 0.4) is 0 Å². The van der Waals surface area contributed by atoms with Crippen LogP contribution in [-0.2, 0) is 4.79 Å². The Kier molecular flexibility index (Phi) is 4.64. The van der Waals surface area contributed by atoms with Crippen LogP contribution in [0.4, 0.5) is 5.95 Å². The number of nitrogens with zero attached hydrogens (tertiary/aromatic N) is 4. The summed E-state index contributed by atoms with van der Waals surface area (Å²) in [6.07, 6.45) is 6.02. The highest BCUT2D eigenvalue weighted by molar-refractivity contribution is 5.91. The molecule has 4 rings (SSSR count). The molecule has 0 aliphatic carbocycles. The molecule has 0 atom stereocenters. The van der Waals surface area contributed by atoms with Crippen molar-refractivity contribution in [3.8, 4) is 0 Å². The number of anilines is 1. The Morgan fingerprint density at radius 3 is 2.77 bits per heavy atom. The van der Waals surface area contributed by atoms with E-state index in [1.54, 1.807) is 18.3 Å². The van der Waals surface area contributed by atoms with Crippen molar-refractivity contribution in [1.29, 1.82) is 0 Å². The fraction of sp³-hybridized carbons (Fsp3) is 0.250. The zero-order valence-corrected chi connectivity index (χ0v) is 14.5. The molecule has 2 aromatic heterocycles. The molecule has 1 saturated heterocycles. The fourth-order valence-electron chi connectivity index (χ4n) is 3.18. The number of hydrogen-bond acceptors (Lipinski definition) is 4. The Morgan fingerprint density at radius 1 is 1.04 bits per heavy atom. The average molecular weight is 347 g/mol. The van der Waals surface area contributed by atoms with Gasteiger partial charge >= 0.3 is 0 Å². The Morgan fingerprint density at radius 2 is 1.92 bits per heavy atom. The zero-order chi connectivity index (χ0) is 17.8. The van der Waals surface area contributed by atoms with Crippen molar-refractivity contribution >= 4 is 29.0 Å². The van der Waals surface area contributed by atoms with Crippen molar-refractivity contribution in [2.75, 3.05) is 31.1 Å². The van der Waals surface area contributed by atoms with Gasteiger partial charge in [0.2, 0.25) is 11.9 Å². The summed E-state index contributed by atoms with van der Waals surface area (Å²) in [5.41, 5.74) is 2.80. The van der Waals surface area contributed by atoms with Gasteiger partial charge in [0.15, 0.2) is 0 Å². The van der Waals surface area contributed by atoms with E-state index in [0.29, 0.717) is 6.54 Å². The Balaban J connectivity index is 1.41. The number of H-pyrrole nitrogens is 1. The van der Waals surface area contributed by atoms with E-state index in [1.807, 2.05) is 47.4 Å². The molecule has 3 heterocycles. The van der Waals surface area contributed by atoms with Crippen LogP contribution in [0.5, 0.6) is 0 Å². The highest BCUT2D eigenvalue weighted by atomic mass is 16.2. The van der Waals surface area contributed by atoms with Gasteiger partial charge in [0.05, 0.1) is 16.7 Å². The van der Waals surface area contributed by atoms with Gasteiger partial charge in [0, 0.05) is 38.5 Å². The summed E-state index contributed by atoms with van der Waals surface area (Å²) in [6.45, 7) is 3.08. The van der Waals surface area contributed by atoms with Gasteiger partial charge < -0.3 is 14.8 Å². The van der Waals surface area contributed by atoms with Crippen LogP contribution < -0.4 is 4.90 Å². The molecule has 1 N–H and O–H groups in total. The van der Waals surface area contributed by atoms with Crippen LogP contribution in [0.15, 0.2) is 54.7 Å². The Hall–Kier alpha value is -3.15. The van der Waals surface area contributed by atoms with E-state index in [2.05, 4.69) is 19.9 Å². The number of imidazole rings is 1. The summed E-state index contributed by atoms with van der Waals surface area (Å²) in [5.74, 6) is 0.909. The first kappa shape index (κ1) is 16.3. The van der Waals surface area contributed by atoms with Crippen molar-refractivity contribution in [3.63, 3.8) is 0 Å². The summed E-state index contributed by atoms with van der Waals surface area (Å²) in [4.78, 5) is 28.8. The first-order valence-electron chi connectivity index (χ1n) is 8.87. The van der Waals surface area contributed by atoms with E-state index in [0.717, 1.165) is 48.7 Å². The van der Waals surface area contributed by atoms with E-state index < -0.39 is 0 Å². The Labute approximate surface area is 152 Å². The number of para-hydroxylation sites is 2. The van der Waals surface area contributed by atoms with Crippen molar-refractivity contribution in [1.82, 2.24) is 19.9 Å². The van der Waals surface area contributed by atoms with Crippen molar-refractivity contribution in [2.24, 2.45) is 0 Å². The van der Waals surface area contributed by atoms with Crippen LogP contribution in [0.2, 0.25) is 0 Å². The van der Waals surface area contributed by atoms with Crippen molar-refractivity contribution in [2.45, 2.75) is 6.42 Å². The number of aromatic nitrogens is 3. The quantitative estimate of drug-likeness (QED) is 0.740. The molecule has 26 heavy (non-hydrogen) atoms. The van der Waals surface area contributed by atoms with Crippen molar-refractivity contribution in [3.05, 3.63) is 60.4 Å². The summed E-state index contributed by atoms with van der Waals surface area (Å²) < 4.78 is 0. The number of hydrogen-bond donors (Lipinski definition) is 1. The second kappa shape index (κ2) is 7.39. The van der Waals surface area contributed by atoms with Crippen LogP contribution in [0, 0.1) is 0 Å². The third kappa shape index (κ3) is 3.59. The minimum absolute atomic E-state index is 0.0297. The number of carbonyl (C=O) groups is 1. The molecule has 1 aliphatic heterocycles. The van der Waals surface area contributed by atoms with E-state index in [1.165, 1.54) is 0 Å². The van der Waals surface area contributed by atoms with Crippen LogP contribution >= 0.6 is 0 Å². The van der Waals surface area contributed by atoms with Gasteiger partial charge in [-0.15, -0.1) is 0 Å². The average Bonchev–Trinajstić information content (AvgIpc) is 2.96. The number of fused-ring (bicyclic) bond motifs is 1. The Bertz CT molecular complexity index is 885. The molecular weight excluding hydrogens is 326 g/mol. The molecule has 0 unspecified atom stereocenters. The first-order chi connectivity index (χ1) is 12.8. The van der Waals surface area contributed by atoms with Crippen molar-refractivity contribution < 1.29 is 4.79 Å². The fourth-order valence-corrected chi connectivity index (χ4v) is 3.18. The number of pyridine rings is 1. The molecule has 3 aromatic rings. The van der Waals surface area contributed by atoms with Gasteiger partial charge in [-0.2, -0.15) is 0 Å². The van der Waals surface area contributed by atoms with Crippen LogP contribution in [-0.4, -0.2) is 51.9 Å². The smallest absolute Gasteiger partial charge is 0.246 e. The predicted molar refractivity (Wildman–Crippen MR) is 103 cm³/mol. The summed E-state index contributed by atoms with van der Waals surface area (Å²) in [7, 11) is 0. The van der Waals surface area contributed by atoms with E-state index in [9.17, 15) is 4.79 Å². The standard InChI is InChI=1S/C20H21N5O/c26-19(10-9-16-6-3-4-11-21-16)24-12-5-13-25(15-14-24)20-22-17-7-1-2-8-18(17)23-20/h1-4,6-11H,5,12-15H2,(H,22,23)/b10-9+. The largest absolute Gasteiger partial charge is 0.341 e. The SMILES string of the molecule is O=C(/C=C/c1ccccn1)N1CCCN(c2nc3ccccc3[nH]2)CC1. The summed E-state index contributed by atoms with van der Waals surface area (Å²) >= 11 is 0. The zero-order valence-electron chi connectivity index (χ0n) is 14.5. The minimum atomic E-state index is 0.0297. The lowest BCUT2D eigenvalue weighted by Crippen LogP contribution is -2.34. The number of rotatable bonds is 3. The number of benzene rings is 1. The number of nitrogens with one attached hydrogen (secondary N) is 1. The molecule has 1 fully saturated rings. The van der Waals surface area contributed by atoms with E-state index in [-0.39, 0.29) is 5.91 Å². The lowest BCUT2D eigenvalue weighted by molar-refractivity contribution is -0.125. The number of aromatic amines is 1. The maximum atomic E-state index is 12.5. The second-order valence-electron chi connectivity index (χ2n) is 6.33. The monoisotopic (exact) mass is 347 g/mol. The third-order valence-electron chi connectivity index (χ3n) is 4.57. The molecule has 0 bridgehead atoms. The molecule has 1 aliphatic rings. The maximum Gasteiger partial charge on any atom is 0.246 e. The number of amides is 1. The van der Waals surface area contributed by atoms with E-state index >= 15 is 0 Å². The molecule has 6 heteroatoms. The number of carbonyl (C=O) groups excluding carboxylic acids is 1. The van der Waals surface area contributed by atoms with Gasteiger partial charge in [-0.3, -0.25) is 9.78 Å². The predicted octanol–water partition coefficient (Wildman–Crippen LogP) is 2.71. The molecule has 132 valence electrons. The molecule has 0 spiro atoms. The summed E-state index contributed by atoms with van der Waals surface area (Å²) in [6, 6.07) is 13.7. The minimum Gasteiger partial charge on any atom is -0.341 e. The molecule has 1 aromatic carbocycles. The summed E-state index contributed by atoms with van der Waals surface area (Å²) in [5, 5.41) is 0. The molecule has 0 saturated carbocycles. The maximum absolute atomic E-state index is 12.5. The van der Waals surface area contributed by atoms with Crippen LogP contribution in [0.1, 0.15) is 12.1 Å². The first-order valence-corrected chi connectivity index (χ1v) is 8.87. The lowest BCUT2D eigenvalue weighted by atomic mass is 10.3. The van der Waals surface area contributed by atoms with Gasteiger partial charge in [-0.25, -0.2) is 4.98 Å². The molecule has 1 amide bonds. The van der Waals surface area contributed by atoms with Crippen LogP contribution in [0.25, 0.3) is 17.1 Å². The normalized spacial score (nSPS) is 15.5.